The van der Waals surface area contributed by atoms with Crippen molar-refractivity contribution in [1.82, 2.24) is 4.90 Å². The lowest BCUT2D eigenvalue weighted by Crippen LogP contribution is -2.19. The molecule has 0 radical (unpaired) electrons. The first kappa shape index (κ1) is 8.76. The van der Waals surface area contributed by atoms with Crippen molar-refractivity contribution in [2.24, 2.45) is 0 Å². The quantitative estimate of drug-likeness (QED) is 0.667. The van der Waals surface area contributed by atoms with Crippen LogP contribution in [0.4, 0.5) is 0 Å². The van der Waals surface area contributed by atoms with Crippen molar-refractivity contribution in [2.75, 3.05) is 19.6 Å². The summed E-state index contributed by atoms with van der Waals surface area (Å²) in [5.41, 5.74) is 1.51. The summed E-state index contributed by atoms with van der Waals surface area (Å²) in [6.07, 6.45) is 1.33. The van der Waals surface area contributed by atoms with E-state index < -0.39 is 0 Å². The van der Waals surface area contributed by atoms with Crippen LogP contribution >= 0.6 is 0 Å². The highest BCUT2D eigenvalue weighted by molar-refractivity contribution is 5.20. The average molecular weight is 175 g/mol. The molecule has 0 aliphatic carbocycles. The Kier molecular flexibility index (Phi) is 2.65. The molecule has 1 aliphatic heterocycles. The Hall–Kier alpha value is -0.820. The van der Waals surface area contributed by atoms with E-state index in [4.69, 9.17) is 0 Å². The zero-order chi connectivity index (χ0) is 9.10. The molecule has 1 aromatic carbocycles. The summed E-state index contributed by atoms with van der Waals surface area (Å²) in [7, 11) is 0. The van der Waals surface area contributed by atoms with Crippen LogP contribution < -0.4 is 0 Å². The van der Waals surface area contributed by atoms with Gasteiger partial charge in [-0.25, -0.2) is 0 Å². The van der Waals surface area contributed by atoms with E-state index in [1.54, 1.807) is 0 Å². The molecule has 1 atom stereocenters. The molecule has 1 nitrogen and oxygen atoms in total. The molecule has 0 amide bonds. The molecule has 0 spiro atoms. The first-order valence-corrected chi connectivity index (χ1v) is 5.17. The molecule has 0 N–H and O–H groups in total. The molecule has 1 unspecified atom stereocenters. The van der Waals surface area contributed by atoms with Crippen molar-refractivity contribution in [2.45, 2.75) is 19.3 Å². The second-order valence-electron chi connectivity index (χ2n) is 3.79. The van der Waals surface area contributed by atoms with Crippen molar-refractivity contribution >= 4 is 0 Å². The van der Waals surface area contributed by atoms with Crippen molar-refractivity contribution in [3.05, 3.63) is 35.9 Å². The van der Waals surface area contributed by atoms with Gasteiger partial charge in [0, 0.05) is 6.54 Å². The molecule has 1 heteroatoms. The Labute approximate surface area is 80.4 Å². The Morgan fingerprint density at radius 3 is 2.69 bits per heavy atom. The fraction of sp³-hybridized carbons (Fsp3) is 0.500. The van der Waals surface area contributed by atoms with Gasteiger partial charge in [-0.05, 0) is 31.0 Å². The van der Waals surface area contributed by atoms with E-state index in [1.807, 2.05) is 0 Å². The summed E-state index contributed by atoms with van der Waals surface area (Å²) in [4.78, 5) is 2.53. The van der Waals surface area contributed by atoms with Gasteiger partial charge in [0.15, 0.2) is 0 Å². The van der Waals surface area contributed by atoms with Crippen molar-refractivity contribution in [1.29, 1.82) is 0 Å². The maximum absolute atomic E-state index is 2.53. The van der Waals surface area contributed by atoms with Crippen LogP contribution in [0, 0.1) is 0 Å². The van der Waals surface area contributed by atoms with Gasteiger partial charge in [-0.2, -0.15) is 0 Å². The molecule has 1 fully saturated rings. The van der Waals surface area contributed by atoms with E-state index in [1.165, 1.54) is 31.6 Å². The first-order valence-electron chi connectivity index (χ1n) is 5.17. The van der Waals surface area contributed by atoms with Crippen LogP contribution in [0.5, 0.6) is 0 Å². The van der Waals surface area contributed by atoms with E-state index in [2.05, 4.69) is 42.2 Å². The highest BCUT2D eigenvalue weighted by Gasteiger charge is 2.21. The zero-order valence-corrected chi connectivity index (χ0v) is 8.24. The second kappa shape index (κ2) is 3.93. The average Bonchev–Trinajstić information content (AvgIpc) is 2.67. The number of benzene rings is 1. The van der Waals surface area contributed by atoms with Crippen LogP contribution in [0.2, 0.25) is 0 Å². The van der Waals surface area contributed by atoms with Crippen molar-refractivity contribution in [3.63, 3.8) is 0 Å². The van der Waals surface area contributed by atoms with E-state index in [0.717, 1.165) is 5.92 Å². The molecule has 1 saturated heterocycles. The normalized spacial score (nSPS) is 23.6. The van der Waals surface area contributed by atoms with Crippen LogP contribution in [-0.2, 0) is 0 Å². The SMILES string of the molecule is CCN1CCC(c2ccccc2)C1. The number of hydrogen-bond donors (Lipinski definition) is 0. The van der Waals surface area contributed by atoms with Crippen molar-refractivity contribution < 1.29 is 0 Å². The number of likely N-dealkylation sites (tertiary alicyclic amines) is 1. The second-order valence-corrected chi connectivity index (χ2v) is 3.79. The van der Waals surface area contributed by atoms with Crippen LogP contribution in [-0.4, -0.2) is 24.5 Å². The first-order chi connectivity index (χ1) is 6.40. The van der Waals surface area contributed by atoms with E-state index in [-0.39, 0.29) is 0 Å². The minimum atomic E-state index is 0.779. The highest BCUT2D eigenvalue weighted by atomic mass is 15.1. The van der Waals surface area contributed by atoms with Crippen LogP contribution in [0.1, 0.15) is 24.8 Å². The van der Waals surface area contributed by atoms with Gasteiger partial charge >= 0.3 is 0 Å². The molecular formula is C12H17N. The number of rotatable bonds is 2. The monoisotopic (exact) mass is 175 g/mol. The molecule has 1 aliphatic rings. The fourth-order valence-electron chi connectivity index (χ4n) is 2.12. The van der Waals surface area contributed by atoms with Gasteiger partial charge in [0.05, 0.1) is 0 Å². The summed E-state index contributed by atoms with van der Waals surface area (Å²) in [6, 6.07) is 10.9. The maximum Gasteiger partial charge on any atom is 0.00506 e. The molecule has 2 rings (SSSR count). The fourth-order valence-corrected chi connectivity index (χ4v) is 2.12. The summed E-state index contributed by atoms with van der Waals surface area (Å²) in [6.45, 7) is 5.97. The number of likely N-dealkylation sites (N-methyl/N-ethyl adjacent to an activating group) is 1. The Morgan fingerprint density at radius 1 is 1.31 bits per heavy atom. The minimum Gasteiger partial charge on any atom is -0.303 e. The van der Waals surface area contributed by atoms with Crippen molar-refractivity contribution in [3.8, 4) is 0 Å². The van der Waals surface area contributed by atoms with Gasteiger partial charge in [0.25, 0.3) is 0 Å². The Bertz CT molecular complexity index is 255. The third kappa shape index (κ3) is 1.92. The molecule has 13 heavy (non-hydrogen) atoms. The van der Waals surface area contributed by atoms with Gasteiger partial charge in [0.2, 0.25) is 0 Å². The molecule has 0 bridgehead atoms. The zero-order valence-electron chi connectivity index (χ0n) is 8.24. The van der Waals surface area contributed by atoms with Crippen LogP contribution in [0.15, 0.2) is 30.3 Å². The van der Waals surface area contributed by atoms with E-state index in [0.29, 0.717) is 0 Å². The standard InChI is InChI=1S/C12H17N/c1-2-13-9-8-12(10-13)11-6-4-3-5-7-11/h3-7,12H,2,8-10H2,1H3. The molecule has 1 heterocycles. The van der Waals surface area contributed by atoms with Gasteiger partial charge in [-0.1, -0.05) is 37.3 Å². The molecular weight excluding hydrogens is 158 g/mol. The van der Waals surface area contributed by atoms with Gasteiger partial charge in [-0.3, -0.25) is 0 Å². The van der Waals surface area contributed by atoms with Gasteiger partial charge in [0.1, 0.15) is 0 Å². The third-order valence-corrected chi connectivity index (χ3v) is 2.99. The van der Waals surface area contributed by atoms with Gasteiger partial charge in [-0.15, -0.1) is 0 Å². The lowest BCUT2D eigenvalue weighted by Gasteiger charge is -2.12. The van der Waals surface area contributed by atoms with Crippen LogP contribution in [0.3, 0.4) is 0 Å². The summed E-state index contributed by atoms with van der Waals surface area (Å²) in [5.74, 6) is 0.779. The number of nitrogens with zero attached hydrogens (tertiary/aromatic N) is 1. The largest absolute Gasteiger partial charge is 0.303 e. The predicted molar refractivity (Wildman–Crippen MR) is 55.9 cm³/mol. The smallest absolute Gasteiger partial charge is 0.00506 e. The Balaban J connectivity index is 2.04. The lowest BCUT2D eigenvalue weighted by atomic mass is 9.99. The molecule has 0 aromatic heterocycles. The van der Waals surface area contributed by atoms with Crippen LogP contribution in [0.25, 0.3) is 0 Å². The lowest BCUT2D eigenvalue weighted by molar-refractivity contribution is 0.354. The molecule has 70 valence electrons. The third-order valence-electron chi connectivity index (χ3n) is 2.99. The number of hydrogen-bond acceptors (Lipinski definition) is 1. The summed E-state index contributed by atoms with van der Waals surface area (Å²) < 4.78 is 0. The summed E-state index contributed by atoms with van der Waals surface area (Å²) in [5, 5.41) is 0. The topological polar surface area (TPSA) is 3.24 Å². The molecule has 0 saturated carbocycles. The molecule has 1 aromatic rings. The minimum absolute atomic E-state index is 0.779. The summed E-state index contributed by atoms with van der Waals surface area (Å²) >= 11 is 0. The van der Waals surface area contributed by atoms with Gasteiger partial charge < -0.3 is 4.90 Å². The van der Waals surface area contributed by atoms with E-state index in [9.17, 15) is 0 Å². The maximum atomic E-state index is 2.53. The van der Waals surface area contributed by atoms with E-state index >= 15 is 0 Å². The highest BCUT2D eigenvalue weighted by Crippen LogP contribution is 2.26. The predicted octanol–water partition coefficient (Wildman–Crippen LogP) is 2.50. The Morgan fingerprint density at radius 2 is 2.08 bits per heavy atom.